The predicted molar refractivity (Wildman–Crippen MR) is 102 cm³/mol. The van der Waals surface area contributed by atoms with E-state index >= 15 is 0 Å². The molecule has 1 aliphatic rings. The van der Waals surface area contributed by atoms with Gasteiger partial charge in [0.15, 0.2) is 11.3 Å². The van der Waals surface area contributed by atoms with Gasteiger partial charge in [0.1, 0.15) is 0 Å². The number of carboxylic acids is 1. The predicted octanol–water partition coefficient (Wildman–Crippen LogP) is 1.57. The van der Waals surface area contributed by atoms with Crippen LogP contribution in [0, 0.1) is 11.8 Å². The van der Waals surface area contributed by atoms with Gasteiger partial charge in [-0.25, -0.2) is 4.79 Å². The number of aliphatic carboxylic acids is 1. The molecule has 0 radical (unpaired) electrons. The minimum absolute atomic E-state index is 0.00484. The summed E-state index contributed by atoms with van der Waals surface area (Å²) in [5, 5.41) is 8.85. The van der Waals surface area contributed by atoms with Crippen molar-refractivity contribution in [3.8, 4) is 0 Å². The zero-order valence-electron chi connectivity index (χ0n) is 16.1. The highest BCUT2D eigenvalue weighted by atomic mass is 32.2. The maximum Gasteiger partial charge on any atom is 0.334 e. The van der Waals surface area contributed by atoms with Gasteiger partial charge in [0, 0.05) is 10.5 Å². The molecule has 1 saturated carbocycles. The molecule has 0 bridgehead atoms. The first-order valence-electron chi connectivity index (χ1n) is 8.97. The van der Waals surface area contributed by atoms with Crippen molar-refractivity contribution in [1.29, 1.82) is 0 Å². The summed E-state index contributed by atoms with van der Waals surface area (Å²) in [7, 11) is 1.15. The van der Waals surface area contributed by atoms with E-state index in [2.05, 4.69) is 20.8 Å². The quantitative estimate of drug-likeness (QED) is 0.400. The lowest BCUT2D eigenvalue weighted by molar-refractivity contribution is -0.151. The maximum absolute atomic E-state index is 12.6. The van der Waals surface area contributed by atoms with Crippen molar-refractivity contribution in [1.82, 2.24) is 0 Å². The molecule has 0 saturated heterocycles. The zero-order chi connectivity index (χ0) is 20.1. The summed E-state index contributed by atoms with van der Waals surface area (Å²) in [5.41, 5.74) is 9.83. The summed E-state index contributed by atoms with van der Waals surface area (Å²) < 4.78 is 4.54. The number of carboxylic acid groups (broad SMARTS) is 1. The number of esters is 1. The Balaban J connectivity index is 2.88. The first-order valence-corrected chi connectivity index (χ1v) is 9.95. The molecular formula is C18H32N2O5S. The molecule has 1 fully saturated rings. The van der Waals surface area contributed by atoms with Crippen LogP contribution in [0.1, 0.15) is 52.9 Å². The van der Waals surface area contributed by atoms with Crippen molar-refractivity contribution < 1.29 is 24.2 Å². The molecule has 0 heterocycles. The molecule has 7 nitrogen and oxygen atoms in total. The number of carbonyl (C=O) groups excluding carboxylic acids is 2. The highest BCUT2D eigenvalue weighted by Crippen LogP contribution is 2.43. The molecule has 0 aromatic heterocycles. The Morgan fingerprint density at radius 1 is 1.23 bits per heavy atom. The third-order valence-corrected chi connectivity index (χ3v) is 7.07. The standard InChI is InChI=1S/C18H32N2O5S/c1-11-5-7-12(8-6-11)17(2,3)26-10-18(20,16(24)25-4)15(23)13(19)9-14(21)22/h11-13H,5-10,19-20H2,1-4H3,(H,21,22)/t11?,12?,13-,18+/m0/s1. The van der Waals surface area contributed by atoms with Crippen molar-refractivity contribution in [3.63, 3.8) is 0 Å². The number of hydrogen-bond donors (Lipinski definition) is 3. The van der Waals surface area contributed by atoms with E-state index in [1.54, 1.807) is 0 Å². The lowest BCUT2D eigenvalue weighted by Crippen LogP contribution is -2.63. The first kappa shape index (κ1) is 22.9. The Labute approximate surface area is 159 Å². The van der Waals surface area contributed by atoms with E-state index in [1.807, 2.05) is 0 Å². The van der Waals surface area contributed by atoms with Crippen LogP contribution < -0.4 is 11.5 Å². The van der Waals surface area contributed by atoms with Gasteiger partial charge in [-0.3, -0.25) is 9.59 Å². The van der Waals surface area contributed by atoms with E-state index in [9.17, 15) is 14.4 Å². The van der Waals surface area contributed by atoms with Gasteiger partial charge in [-0.05, 0) is 24.7 Å². The molecule has 0 unspecified atom stereocenters. The fourth-order valence-corrected chi connectivity index (χ4v) is 4.73. The average molecular weight is 389 g/mol. The number of ketones is 1. The largest absolute Gasteiger partial charge is 0.481 e. The SMILES string of the molecule is COC(=O)[C@@](N)(CSC(C)(C)C1CCC(C)CC1)C(=O)[C@@H](N)CC(=O)O. The van der Waals surface area contributed by atoms with Crippen molar-refractivity contribution in [2.45, 2.75) is 69.2 Å². The van der Waals surface area contributed by atoms with E-state index in [-0.39, 0.29) is 10.5 Å². The van der Waals surface area contributed by atoms with Gasteiger partial charge in [-0.1, -0.05) is 33.6 Å². The summed E-state index contributed by atoms with van der Waals surface area (Å²) in [6.45, 7) is 6.44. The molecule has 0 aromatic carbocycles. The minimum Gasteiger partial charge on any atom is -0.481 e. The van der Waals surface area contributed by atoms with Gasteiger partial charge in [0.25, 0.3) is 0 Å². The minimum atomic E-state index is -1.95. The summed E-state index contributed by atoms with van der Waals surface area (Å²) in [4.78, 5) is 35.7. The zero-order valence-corrected chi connectivity index (χ0v) is 16.9. The summed E-state index contributed by atoms with van der Waals surface area (Å²) >= 11 is 1.45. The molecule has 0 amide bonds. The van der Waals surface area contributed by atoms with E-state index < -0.39 is 35.7 Å². The topological polar surface area (TPSA) is 133 Å². The first-order chi connectivity index (χ1) is 11.9. The van der Waals surface area contributed by atoms with Gasteiger partial charge in [-0.2, -0.15) is 11.8 Å². The Hall–Kier alpha value is -1.12. The van der Waals surface area contributed by atoms with Crippen LogP contribution in [0.25, 0.3) is 0 Å². The van der Waals surface area contributed by atoms with Gasteiger partial charge in [0.2, 0.25) is 0 Å². The number of rotatable bonds is 9. The lowest BCUT2D eigenvalue weighted by atomic mass is 9.77. The maximum atomic E-state index is 12.6. The second-order valence-corrected chi connectivity index (χ2v) is 9.51. The van der Waals surface area contributed by atoms with Gasteiger partial charge >= 0.3 is 11.9 Å². The second-order valence-electron chi connectivity index (χ2n) is 7.88. The van der Waals surface area contributed by atoms with Crippen molar-refractivity contribution >= 4 is 29.5 Å². The molecule has 1 aliphatic carbocycles. The number of hydrogen-bond acceptors (Lipinski definition) is 7. The molecular weight excluding hydrogens is 356 g/mol. The number of Topliss-reactive ketones (excluding diaryl/α,β-unsaturated/α-hetero) is 1. The second kappa shape index (κ2) is 9.19. The van der Waals surface area contributed by atoms with Crippen LogP contribution in [0.15, 0.2) is 0 Å². The monoisotopic (exact) mass is 388 g/mol. The Kier molecular flexibility index (Phi) is 8.10. The lowest BCUT2D eigenvalue weighted by Gasteiger charge is -2.40. The molecule has 26 heavy (non-hydrogen) atoms. The van der Waals surface area contributed by atoms with Crippen LogP contribution in [-0.2, 0) is 19.1 Å². The van der Waals surface area contributed by atoms with E-state index in [4.69, 9.17) is 21.3 Å². The van der Waals surface area contributed by atoms with Crippen molar-refractivity contribution in [2.24, 2.45) is 23.3 Å². The number of carbonyl (C=O) groups is 3. The van der Waals surface area contributed by atoms with Gasteiger partial charge in [0.05, 0.1) is 19.6 Å². The summed E-state index contributed by atoms with van der Waals surface area (Å²) in [5.74, 6) is -1.71. The molecule has 2 atom stereocenters. The Morgan fingerprint density at radius 2 is 1.77 bits per heavy atom. The molecule has 5 N–H and O–H groups in total. The van der Waals surface area contributed by atoms with Crippen LogP contribution in [0.4, 0.5) is 0 Å². The fraction of sp³-hybridized carbons (Fsp3) is 0.833. The molecule has 0 spiro atoms. The van der Waals surface area contributed by atoms with E-state index in [0.717, 1.165) is 25.9 Å². The molecule has 150 valence electrons. The Morgan fingerprint density at radius 3 is 2.23 bits per heavy atom. The fourth-order valence-electron chi connectivity index (χ4n) is 3.40. The number of methoxy groups -OCH3 is 1. The van der Waals surface area contributed by atoms with Crippen LogP contribution in [0.3, 0.4) is 0 Å². The normalized spacial score (nSPS) is 24.4. The van der Waals surface area contributed by atoms with E-state index in [0.29, 0.717) is 5.92 Å². The van der Waals surface area contributed by atoms with E-state index in [1.165, 1.54) is 24.6 Å². The highest BCUT2D eigenvalue weighted by molar-refractivity contribution is 8.00. The van der Waals surface area contributed by atoms with Crippen LogP contribution in [-0.4, -0.2) is 52.0 Å². The molecule has 8 heteroatoms. The van der Waals surface area contributed by atoms with Crippen LogP contribution in [0.2, 0.25) is 0 Å². The average Bonchev–Trinajstić information content (AvgIpc) is 2.58. The summed E-state index contributed by atoms with van der Waals surface area (Å²) in [6.07, 6.45) is 3.96. The van der Waals surface area contributed by atoms with Gasteiger partial charge < -0.3 is 21.3 Å². The smallest absolute Gasteiger partial charge is 0.334 e. The van der Waals surface area contributed by atoms with Crippen molar-refractivity contribution in [3.05, 3.63) is 0 Å². The number of nitrogens with two attached hydrogens (primary N) is 2. The number of ether oxygens (including phenoxy) is 1. The third kappa shape index (κ3) is 5.69. The summed E-state index contributed by atoms with van der Waals surface area (Å²) in [6, 6.07) is -1.35. The molecule has 0 aromatic rings. The van der Waals surface area contributed by atoms with Crippen LogP contribution >= 0.6 is 11.8 Å². The molecule has 1 rings (SSSR count). The van der Waals surface area contributed by atoms with Crippen molar-refractivity contribution in [2.75, 3.05) is 12.9 Å². The molecule has 0 aliphatic heterocycles. The number of thioether (sulfide) groups is 1. The highest BCUT2D eigenvalue weighted by Gasteiger charge is 2.47. The van der Waals surface area contributed by atoms with Gasteiger partial charge in [-0.15, -0.1) is 0 Å². The third-order valence-electron chi connectivity index (χ3n) is 5.39. The Bertz CT molecular complexity index is 532. The van der Waals surface area contributed by atoms with Crippen LogP contribution in [0.5, 0.6) is 0 Å².